The molecular formula is C17H21N5OS. The van der Waals surface area contributed by atoms with Gasteiger partial charge in [-0.25, -0.2) is 14.8 Å². The summed E-state index contributed by atoms with van der Waals surface area (Å²) >= 11 is 1.56. The fourth-order valence-electron chi connectivity index (χ4n) is 2.40. The maximum absolute atomic E-state index is 12.4. The van der Waals surface area contributed by atoms with Crippen LogP contribution in [0.2, 0.25) is 0 Å². The Morgan fingerprint density at radius 2 is 2.21 bits per heavy atom. The lowest BCUT2D eigenvalue weighted by Crippen LogP contribution is -2.47. The number of benzene rings is 1. The van der Waals surface area contributed by atoms with Crippen molar-refractivity contribution < 1.29 is 4.79 Å². The van der Waals surface area contributed by atoms with Crippen LogP contribution >= 0.6 is 11.3 Å². The molecule has 0 saturated heterocycles. The zero-order chi connectivity index (χ0) is 17.2. The smallest absolute Gasteiger partial charge is 0.319 e. The average molecular weight is 343 g/mol. The summed E-state index contributed by atoms with van der Waals surface area (Å²) in [5.74, 6) is 0. The largest absolute Gasteiger partial charge is 0.335 e. The standard InChI is InChI=1S/C17H21N5OS/c1-17(2,3)15(9-22-7-6-18-10-22)21-16(23)20-12-4-5-13-14(8-12)24-11-19-13/h4-8,10-11,15H,9H2,1-3H3,(H2,20,21,23). The monoisotopic (exact) mass is 343 g/mol. The van der Waals surface area contributed by atoms with Crippen molar-refractivity contribution >= 4 is 33.3 Å². The Bertz CT molecular complexity index is 819. The minimum atomic E-state index is -0.209. The van der Waals surface area contributed by atoms with Gasteiger partial charge < -0.3 is 15.2 Å². The highest BCUT2D eigenvalue weighted by Crippen LogP contribution is 2.23. The van der Waals surface area contributed by atoms with Gasteiger partial charge in [0.2, 0.25) is 0 Å². The number of hydrogen-bond donors (Lipinski definition) is 2. The molecule has 1 atom stereocenters. The van der Waals surface area contributed by atoms with Gasteiger partial charge in [0, 0.05) is 24.6 Å². The minimum Gasteiger partial charge on any atom is -0.335 e. The first-order chi connectivity index (χ1) is 11.4. The van der Waals surface area contributed by atoms with Gasteiger partial charge in [0.25, 0.3) is 0 Å². The van der Waals surface area contributed by atoms with Crippen LogP contribution in [0.5, 0.6) is 0 Å². The molecule has 0 fully saturated rings. The van der Waals surface area contributed by atoms with E-state index in [2.05, 4.69) is 41.4 Å². The molecule has 2 amide bonds. The number of anilines is 1. The summed E-state index contributed by atoms with van der Waals surface area (Å²) in [6, 6.07) is 5.48. The van der Waals surface area contributed by atoms with E-state index in [9.17, 15) is 4.79 Å². The molecule has 0 aliphatic heterocycles. The van der Waals surface area contributed by atoms with Crippen LogP contribution in [0.3, 0.4) is 0 Å². The fourth-order valence-corrected chi connectivity index (χ4v) is 3.12. The molecule has 7 heteroatoms. The van der Waals surface area contributed by atoms with Crippen LogP contribution in [0.1, 0.15) is 20.8 Å². The maximum Gasteiger partial charge on any atom is 0.319 e. The summed E-state index contributed by atoms with van der Waals surface area (Å²) < 4.78 is 3.03. The Labute approximate surface area is 144 Å². The maximum atomic E-state index is 12.4. The van der Waals surface area contributed by atoms with E-state index in [1.807, 2.05) is 29.0 Å². The summed E-state index contributed by atoms with van der Waals surface area (Å²) in [5.41, 5.74) is 3.43. The Kier molecular flexibility index (Phi) is 4.53. The molecule has 126 valence electrons. The molecule has 2 heterocycles. The van der Waals surface area contributed by atoms with Crippen molar-refractivity contribution in [3.05, 3.63) is 42.4 Å². The normalized spacial score (nSPS) is 13.0. The van der Waals surface area contributed by atoms with Gasteiger partial charge in [0.1, 0.15) is 0 Å². The van der Waals surface area contributed by atoms with Gasteiger partial charge in [0.15, 0.2) is 0 Å². The zero-order valence-electron chi connectivity index (χ0n) is 14.0. The van der Waals surface area contributed by atoms with Crippen molar-refractivity contribution in [2.75, 3.05) is 5.32 Å². The van der Waals surface area contributed by atoms with E-state index >= 15 is 0 Å². The highest BCUT2D eigenvalue weighted by Gasteiger charge is 2.26. The molecule has 0 bridgehead atoms. The molecule has 0 radical (unpaired) electrons. The molecule has 2 aromatic heterocycles. The van der Waals surface area contributed by atoms with Crippen LogP contribution in [0.15, 0.2) is 42.4 Å². The molecule has 2 N–H and O–H groups in total. The summed E-state index contributed by atoms with van der Waals surface area (Å²) in [4.78, 5) is 20.7. The third-order valence-electron chi connectivity index (χ3n) is 3.89. The molecule has 0 spiro atoms. The highest BCUT2D eigenvalue weighted by atomic mass is 32.1. The first kappa shape index (κ1) is 16.4. The van der Waals surface area contributed by atoms with E-state index in [0.717, 1.165) is 15.9 Å². The van der Waals surface area contributed by atoms with Gasteiger partial charge in [-0.1, -0.05) is 20.8 Å². The van der Waals surface area contributed by atoms with Gasteiger partial charge in [-0.05, 0) is 23.6 Å². The van der Waals surface area contributed by atoms with Crippen LogP contribution in [0.25, 0.3) is 10.2 Å². The topological polar surface area (TPSA) is 71.8 Å². The van der Waals surface area contributed by atoms with Crippen molar-refractivity contribution in [3.8, 4) is 0 Å². The van der Waals surface area contributed by atoms with E-state index in [1.54, 1.807) is 29.4 Å². The number of urea groups is 1. The second-order valence-electron chi connectivity index (χ2n) is 6.81. The van der Waals surface area contributed by atoms with Crippen molar-refractivity contribution in [1.29, 1.82) is 0 Å². The second-order valence-corrected chi connectivity index (χ2v) is 7.70. The van der Waals surface area contributed by atoms with Crippen LogP contribution in [-0.2, 0) is 6.54 Å². The number of amides is 2. The Morgan fingerprint density at radius 3 is 2.92 bits per heavy atom. The van der Waals surface area contributed by atoms with Crippen molar-refractivity contribution in [3.63, 3.8) is 0 Å². The molecule has 0 aliphatic carbocycles. The van der Waals surface area contributed by atoms with Crippen molar-refractivity contribution in [2.45, 2.75) is 33.4 Å². The zero-order valence-corrected chi connectivity index (χ0v) is 14.8. The third-order valence-corrected chi connectivity index (χ3v) is 4.68. The number of fused-ring (bicyclic) bond motifs is 1. The van der Waals surface area contributed by atoms with Crippen molar-refractivity contribution in [2.24, 2.45) is 5.41 Å². The molecule has 6 nitrogen and oxygen atoms in total. The van der Waals surface area contributed by atoms with Gasteiger partial charge in [-0.3, -0.25) is 0 Å². The van der Waals surface area contributed by atoms with Crippen molar-refractivity contribution in [1.82, 2.24) is 19.9 Å². The van der Waals surface area contributed by atoms with E-state index in [4.69, 9.17) is 0 Å². The number of nitrogens with zero attached hydrogens (tertiary/aromatic N) is 3. The predicted molar refractivity (Wildman–Crippen MR) is 97.2 cm³/mol. The highest BCUT2D eigenvalue weighted by molar-refractivity contribution is 7.16. The minimum absolute atomic E-state index is 0.0289. The lowest BCUT2D eigenvalue weighted by atomic mass is 9.86. The molecule has 1 aromatic carbocycles. The molecule has 3 aromatic rings. The van der Waals surface area contributed by atoms with E-state index in [-0.39, 0.29) is 17.5 Å². The number of imidazole rings is 1. The Hall–Kier alpha value is -2.41. The van der Waals surface area contributed by atoms with Crippen LogP contribution < -0.4 is 10.6 Å². The van der Waals surface area contributed by atoms with E-state index < -0.39 is 0 Å². The lowest BCUT2D eigenvalue weighted by Gasteiger charge is -2.31. The van der Waals surface area contributed by atoms with Gasteiger partial charge in [-0.2, -0.15) is 0 Å². The average Bonchev–Trinajstić information content (AvgIpc) is 3.16. The quantitative estimate of drug-likeness (QED) is 0.758. The number of carbonyl (C=O) groups is 1. The van der Waals surface area contributed by atoms with Gasteiger partial charge in [-0.15, -0.1) is 11.3 Å². The van der Waals surface area contributed by atoms with E-state index in [0.29, 0.717) is 6.54 Å². The second kappa shape index (κ2) is 6.60. The first-order valence-corrected chi connectivity index (χ1v) is 8.66. The number of hydrogen-bond acceptors (Lipinski definition) is 4. The van der Waals surface area contributed by atoms with Crippen LogP contribution in [0.4, 0.5) is 10.5 Å². The molecule has 3 rings (SSSR count). The molecule has 0 aliphatic rings. The van der Waals surface area contributed by atoms with Crippen LogP contribution in [-0.4, -0.2) is 26.6 Å². The lowest BCUT2D eigenvalue weighted by molar-refractivity contribution is 0.219. The number of thiazole rings is 1. The third kappa shape index (κ3) is 3.91. The first-order valence-electron chi connectivity index (χ1n) is 7.78. The van der Waals surface area contributed by atoms with Gasteiger partial charge in [0.05, 0.1) is 28.1 Å². The van der Waals surface area contributed by atoms with Crippen LogP contribution in [0, 0.1) is 5.41 Å². The molecular weight excluding hydrogens is 322 g/mol. The Morgan fingerprint density at radius 1 is 1.38 bits per heavy atom. The predicted octanol–water partition coefficient (Wildman–Crippen LogP) is 3.73. The number of carbonyl (C=O) groups excluding carboxylic acids is 1. The summed E-state index contributed by atoms with van der Waals surface area (Å²) in [5, 5.41) is 5.98. The number of rotatable bonds is 4. The van der Waals surface area contributed by atoms with E-state index in [1.165, 1.54) is 0 Å². The molecule has 0 saturated carbocycles. The Balaban J connectivity index is 1.68. The summed E-state index contributed by atoms with van der Waals surface area (Å²) in [7, 11) is 0. The SMILES string of the molecule is CC(C)(C)C(Cn1ccnc1)NC(=O)Nc1ccc2ncsc2c1. The molecule has 1 unspecified atom stereocenters. The number of nitrogens with one attached hydrogen (secondary N) is 2. The fraction of sp³-hybridized carbons (Fsp3) is 0.353. The van der Waals surface area contributed by atoms with Gasteiger partial charge >= 0.3 is 6.03 Å². The number of aromatic nitrogens is 3. The summed E-state index contributed by atoms with van der Waals surface area (Å²) in [6.45, 7) is 7.00. The molecule has 24 heavy (non-hydrogen) atoms. The summed E-state index contributed by atoms with van der Waals surface area (Å²) in [6.07, 6.45) is 5.40.